The molecule has 2 rings (SSSR count). The number of hydrogen-bond donors (Lipinski definition) is 2. The van der Waals surface area contributed by atoms with Gasteiger partial charge in [0.15, 0.2) is 0 Å². The monoisotopic (exact) mass is 259 g/mol. The minimum Gasteiger partial charge on any atom is -0.478 e. The van der Waals surface area contributed by atoms with Gasteiger partial charge in [0.2, 0.25) is 0 Å². The molecule has 0 aliphatic carbocycles. The molecule has 1 heterocycles. The second-order valence-corrected chi connectivity index (χ2v) is 4.52. The first-order valence-corrected chi connectivity index (χ1v) is 6.18. The second kappa shape index (κ2) is 5.71. The van der Waals surface area contributed by atoms with Gasteiger partial charge in [-0.3, -0.25) is 0 Å². The molecule has 2 aromatic rings. The number of benzene rings is 1. The predicted octanol–water partition coefficient (Wildman–Crippen LogP) is 3.14. The van der Waals surface area contributed by atoms with E-state index in [2.05, 4.69) is 24.4 Å². The summed E-state index contributed by atoms with van der Waals surface area (Å²) in [6.07, 6.45) is 1.40. The molecule has 2 N–H and O–H groups in total. The number of hydrogen-bond acceptors (Lipinski definition) is 3. The molecule has 4 heteroatoms. The Hall–Kier alpha value is -2.07. The van der Waals surface area contributed by atoms with Crippen LogP contribution in [0.4, 0.5) is 0 Å². The average molecular weight is 259 g/mol. The molecule has 0 aliphatic heterocycles. The number of nitrogens with one attached hydrogen (secondary N) is 1. The Morgan fingerprint density at radius 2 is 2.11 bits per heavy atom. The van der Waals surface area contributed by atoms with Gasteiger partial charge in [0, 0.05) is 6.04 Å². The standard InChI is InChI=1S/C15H17NO3/c1-10-5-3-4-6-12(10)11(2)16-9-14-13(15(17)18)7-8-19-14/h3-8,11,16H,9H2,1-2H3,(H,17,18)/t11-/m1/s1. The lowest BCUT2D eigenvalue weighted by molar-refractivity contribution is 0.0694. The Morgan fingerprint density at radius 1 is 1.37 bits per heavy atom. The van der Waals surface area contributed by atoms with Gasteiger partial charge < -0.3 is 14.8 Å². The van der Waals surface area contributed by atoms with Crippen LogP contribution in [0.1, 0.15) is 40.2 Å². The topological polar surface area (TPSA) is 62.5 Å². The van der Waals surface area contributed by atoms with E-state index in [1.54, 1.807) is 0 Å². The van der Waals surface area contributed by atoms with E-state index >= 15 is 0 Å². The maximum Gasteiger partial charge on any atom is 0.339 e. The van der Waals surface area contributed by atoms with Crippen LogP contribution in [0, 0.1) is 6.92 Å². The summed E-state index contributed by atoms with van der Waals surface area (Å²) in [5, 5.41) is 12.3. The summed E-state index contributed by atoms with van der Waals surface area (Å²) in [5.74, 6) is -0.512. The number of carbonyl (C=O) groups is 1. The Bertz CT molecular complexity index is 574. The summed E-state index contributed by atoms with van der Waals surface area (Å²) in [5.41, 5.74) is 2.62. The van der Waals surface area contributed by atoms with E-state index in [4.69, 9.17) is 9.52 Å². The summed E-state index contributed by atoms with van der Waals surface area (Å²) < 4.78 is 5.20. The highest BCUT2D eigenvalue weighted by atomic mass is 16.4. The summed E-state index contributed by atoms with van der Waals surface area (Å²) in [4.78, 5) is 11.0. The van der Waals surface area contributed by atoms with E-state index in [0.29, 0.717) is 12.3 Å². The maximum atomic E-state index is 11.0. The molecule has 0 aliphatic rings. The third-order valence-electron chi connectivity index (χ3n) is 3.20. The molecule has 100 valence electrons. The van der Waals surface area contributed by atoms with Crippen LogP contribution < -0.4 is 5.32 Å². The lowest BCUT2D eigenvalue weighted by Crippen LogP contribution is -2.19. The molecule has 1 aromatic carbocycles. The van der Waals surface area contributed by atoms with Gasteiger partial charge in [0.25, 0.3) is 0 Å². The molecule has 0 saturated carbocycles. The van der Waals surface area contributed by atoms with Crippen molar-refractivity contribution in [3.63, 3.8) is 0 Å². The Morgan fingerprint density at radius 3 is 2.79 bits per heavy atom. The van der Waals surface area contributed by atoms with Gasteiger partial charge in [0.05, 0.1) is 12.8 Å². The highest BCUT2D eigenvalue weighted by Crippen LogP contribution is 2.18. The first-order chi connectivity index (χ1) is 9.09. The smallest absolute Gasteiger partial charge is 0.339 e. The van der Waals surface area contributed by atoms with Crippen LogP contribution in [0.2, 0.25) is 0 Å². The van der Waals surface area contributed by atoms with Gasteiger partial charge in [0.1, 0.15) is 11.3 Å². The van der Waals surface area contributed by atoms with Crippen molar-refractivity contribution in [3.8, 4) is 0 Å². The number of furan rings is 1. The van der Waals surface area contributed by atoms with Crippen LogP contribution in [0.25, 0.3) is 0 Å². The van der Waals surface area contributed by atoms with Crippen LogP contribution in [0.5, 0.6) is 0 Å². The molecule has 1 aromatic heterocycles. The Balaban J connectivity index is 2.05. The maximum absolute atomic E-state index is 11.0. The Labute approximate surface area is 112 Å². The lowest BCUT2D eigenvalue weighted by atomic mass is 10.0. The zero-order chi connectivity index (χ0) is 13.8. The van der Waals surface area contributed by atoms with Crippen molar-refractivity contribution >= 4 is 5.97 Å². The van der Waals surface area contributed by atoms with E-state index in [1.807, 2.05) is 19.1 Å². The molecule has 0 unspecified atom stereocenters. The molecule has 0 saturated heterocycles. The van der Waals surface area contributed by atoms with Crippen LogP contribution in [0.15, 0.2) is 41.0 Å². The van der Waals surface area contributed by atoms with Crippen LogP contribution in [-0.2, 0) is 6.54 Å². The molecular weight excluding hydrogens is 242 g/mol. The second-order valence-electron chi connectivity index (χ2n) is 4.52. The highest BCUT2D eigenvalue weighted by molar-refractivity contribution is 5.88. The van der Waals surface area contributed by atoms with E-state index < -0.39 is 5.97 Å². The van der Waals surface area contributed by atoms with Gasteiger partial charge in [-0.25, -0.2) is 4.79 Å². The van der Waals surface area contributed by atoms with E-state index in [9.17, 15) is 4.79 Å². The molecule has 0 spiro atoms. The largest absolute Gasteiger partial charge is 0.478 e. The molecular formula is C15H17NO3. The van der Waals surface area contributed by atoms with Gasteiger partial charge in [-0.05, 0) is 31.0 Å². The fourth-order valence-corrected chi connectivity index (χ4v) is 2.10. The molecule has 19 heavy (non-hydrogen) atoms. The number of aryl methyl sites for hydroxylation is 1. The van der Waals surface area contributed by atoms with E-state index in [1.165, 1.54) is 23.5 Å². The quantitative estimate of drug-likeness (QED) is 0.866. The highest BCUT2D eigenvalue weighted by Gasteiger charge is 2.14. The van der Waals surface area contributed by atoms with Crippen molar-refractivity contribution in [2.75, 3.05) is 0 Å². The zero-order valence-electron chi connectivity index (χ0n) is 11.0. The molecule has 1 atom stereocenters. The molecule has 0 radical (unpaired) electrons. The first kappa shape index (κ1) is 13.4. The fraction of sp³-hybridized carbons (Fsp3) is 0.267. The molecule has 4 nitrogen and oxygen atoms in total. The van der Waals surface area contributed by atoms with Gasteiger partial charge in [-0.15, -0.1) is 0 Å². The van der Waals surface area contributed by atoms with E-state index in [-0.39, 0.29) is 11.6 Å². The third kappa shape index (κ3) is 3.03. The van der Waals surface area contributed by atoms with Crippen molar-refractivity contribution in [2.24, 2.45) is 0 Å². The molecule has 0 bridgehead atoms. The predicted molar refractivity (Wildman–Crippen MR) is 72.1 cm³/mol. The minimum atomic E-state index is -0.964. The van der Waals surface area contributed by atoms with Crippen LogP contribution in [0.3, 0.4) is 0 Å². The summed E-state index contributed by atoms with van der Waals surface area (Å²) in [7, 11) is 0. The number of rotatable bonds is 5. The van der Waals surface area contributed by atoms with Crippen molar-refractivity contribution in [1.82, 2.24) is 5.32 Å². The van der Waals surface area contributed by atoms with Crippen molar-refractivity contribution < 1.29 is 14.3 Å². The number of aromatic carboxylic acids is 1. The normalized spacial score (nSPS) is 12.3. The zero-order valence-corrected chi connectivity index (χ0v) is 11.0. The SMILES string of the molecule is Cc1ccccc1[C@@H](C)NCc1occc1C(=O)O. The fourth-order valence-electron chi connectivity index (χ4n) is 2.10. The molecule has 0 amide bonds. The minimum absolute atomic E-state index is 0.132. The molecule has 0 fully saturated rings. The van der Waals surface area contributed by atoms with Gasteiger partial charge >= 0.3 is 5.97 Å². The average Bonchev–Trinajstić information content (AvgIpc) is 2.85. The lowest BCUT2D eigenvalue weighted by Gasteiger charge is -2.15. The summed E-state index contributed by atoms with van der Waals surface area (Å²) >= 11 is 0. The number of carboxylic acids is 1. The number of carboxylic acid groups (broad SMARTS) is 1. The van der Waals surface area contributed by atoms with Crippen LogP contribution in [-0.4, -0.2) is 11.1 Å². The van der Waals surface area contributed by atoms with Crippen molar-refractivity contribution in [1.29, 1.82) is 0 Å². The summed E-state index contributed by atoms with van der Waals surface area (Å²) in [6, 6.07) is 9.72. The third-order valence-corrected chi connectivity index (χ3v) is 3.20. The summed E-state index contributed by atoms with van der Waals surface area (Å²) in [6.45, 7) is 4.50. The van der Waals surface area contributed by atoms with E-state index in [0.717, 1.165) is 0 Å². The van der Waals surface area contributed by atoms with Gasteiger partial charge in [-0.2, -0.15) is 0 Å². The van der Waals surface area contributed by atoms with Crippen molar-refractivity contribution in [2.45, 2.75) is 26.4 Å². The first-order valence-electron chi connectivity index (χ1n) is 6.18. The van der Waals surface area contributed by atoms with Crippen LogP contribution >= 0.6 is 0 Å². The van der Waals surface area contributed by atoms with Crippen molar-refractivity contribution in [3.05, 3.63) is 59.0 Å². The Kier molecular flexibility index (Phi) is 4.02. The van der Waals surface area contributed by atoms with Gasteiger partial charge in [-0.1, -0.05) is 24.3 Å².